The maximum Gasteiger partial charge on any atom is 0.127 e. The Hall–Kier alpha value is -0.610. The van der Waals surface area contributed by atoms with Gasteiger partial charge in [-0.15, -0.1) is 0 Å². The van der Waals surface area contributed by atoms with Crippen molar-refractivity contribution in [1.29, 1.82) is 0 Å². The monoisotopic (exact) mass is 271 g/mol. The van der Waals surface area contributed by atoms with Crippen molar-refractivity contribution in [3.8, 4) is 0 Å². The highest BCUT2D eigenvalue weighted by atomic mass is 32.2. The Morgan fingerprint density at radius 2 is 2.00 bits per heavy atom. The normalized spacial score (nSPS) is 18.2. The van der Waals surface area contributed by atoms with Gasteiger partial charge in [0.15, 0.2) is 0 Å². The SMILES string of the molecule is CSC1(CNCc2cc(F)ccc2F)CCCC1. The molecule has 0 aliphatic heterocycles. The van der Waals surface area contributed by atoms with Gasteiger partial charge >= 0.3 is 0 Å². The summed E-state index contributed by atoms with van der Waals surface area (Å²) in [6.07, 6.45) is 7.11. The molecule has 1 aliphatic carbocycles. The van der Waals surface area contributed by atoms with Crippen LogP contribution in [0.4, 0.5) is 8.78 Å². The van der Waals surface area contributed by atoms with E-state index in [4.69, 9.17) is 0 Å². The third-order valence-corrected chi connectivity index (χ3v) is 5.14. The predicted octanol–water partition coefficient (Wildman–Crippen LogP) is 3.73. The summed E-state index contributed by atoms with van der Waals surface area (Å²) in [6.45, 7) is 1.26. The van der Waals surface area contributed by atoms with Crippen LogP contribution < -0.4 is 5.32 Å². The highest BCUT2D eigenvalue weighted by Crippen LogP contribution is 2.39. The first-order chi connectivity index (χ1) is 8.65. The van der Waals surface area contributed by atoms with E-state index in [9.17, 15) is 8.78 Å². The minimum atomic E-state index is -0.381. The molecule has 0 heterocycles. The van der Waals surface area contributed by atoms with Crippen LogP contribution >= 0.6 is 11.8 Å². The van der Waals surface area contributed by atoms with Crippen LogP contribution in [0.3, 0.4) is 0 Å². The molecule has 1 aromatic rings. The quantitative estimate of drug-likeness (QED) is 0.875. The fourth-order valence-electron chi connectivity index (χ4n) is 2.58. The van der Waals surface area contributed by atoms with E-state index in [1.807, 2.05) is 11.8 Å². The maximum absolute atomic E-state index is 13.4. The first kappa shape index (κ1) is 13.8. The lowest BCUT2D eigenvalue weighted by molar-refractivity contribution is 0.518. The minimum absolute atomic E-state index is 0.295. The fourth-order valence-corrected chi connectivity index (χ4v) is 3.52. The molecule has 0 unspecified atom stereocenters. The molecule has 1 saturated carbocycles. The molecular weight excluding hydrogens is 252 g/mol. The zero-order valence-corrected chi connectivity index (χ0v) is 11.5. The number of rotatable bonds is 5. The van der Waals surface area contributed by atoms with Gasteiger partial charge in [-0.2, -0.15) is 11.8 Å². The summed E-state index contributed by atoms with van der Waals surface area (Å²) in [5.74, 6) is -0.720. The fraction of sp³-hybridized carbons (Fsp3) is 0.571. The molecule has 100 valence electrons. The van der Waals surface area contributed by atoms with Crippen LogP contribution in [0, 0.1) is 11.6 Å². The van der Waals surface area contributed by atoms with Crippen molar-refractivity contribution in [1.82, 2.24) is 5.32 Å². The Bertz CT molecular complexity index is 403. The number of thioether (sulfide) groups is 1. The number of halogens is 2. The Kier molecular flexibility index (Phi) is 4.62. The molecule has 0 atom stereocenters. The van der Waals surface area contributed by atoms with Gasteiger partial charge in [0.05, 0.1) is 0 Å². The van der Waals surface area contributed by atoms with Crippen LogP contribution in [-0.2, 0) is 6.54 Å². The summed E-state index contributed by atoms with van der Waals surface area (Å²) in [4.78, 5) is 0. The van der Waals surface area contributed by atoms with Crippen LogP contribution in [0.5, 0.6) is 0 Å². The van der Waals surface area contributed by atoms with Crippen LogP contribution in [0.1, 0.15) is 31.2 Å². The molecule has 0 amide bonds. The second-order valence-electron chi connectivity index (χ2n) is 4.93. The minimum Gasteiger partial charge on any atom is -0.311 e. The topological polar surface area (TPSA) is 12.0 Å². The smallest absolute Gasteiger partial charge is 0.127 e. The second kappa shape index (κ2) is 6.02. The van der Waals surface area contributed by atoms with Gasteiger partial charge in [-0.3, -0.25) is 0 Å². The highest BCUT2D eigenvalue weighted by molar-refractivity contribution is 8.00. The summed E-state index contributed by atoms with van der Waals surface area (Å²) in [7, 11) is 0. The summed E-state index contributed by atoms with van der Waals surface area (Å²) in [5, 5.41) is 3.28. The molecule has 0 bridgehead atoms. The van der Waals surface area contributed by atoms with Gasteiger partial charge in [-0.1, -0.05) is 12.8 Å². The van der Waals surface area contributed by atoms with Gasteiger partial charge in [0, 0.05) is 23.4 Å². The van der Waals surface area contributed by atoms with Gasteiger partial charge in [0.2, 0.25) is 0 Å². The van der Waals surface area contributed by atoms with E-state index in [1.165, 1.54) is 37.8 Å². The molecule has 1 fully saturated rings. The van der Waals surface area contributed by atoms with Crippen molar-refractivity contribution in [2.75, 3.05) is 12.8 Å². The van der Waals surface area contributed by atoms with Crippen LogP contribution in [-0.4, -0.2) is 17.5 Å². The standard InChI is InChI=1S/C14H19F2NS/c1-18-14(6-2-3-7-14)10-17-9-11-8-12(15)4-5-13(11)16/h4-5,8,17H,2-3,6-7,9-10H2,1H3. The molecule has 0 spiro atoms. The lowest BCUT2D eigenvalue weighted by Crippen LogP contribution is -2.34. The third kappa shape index (κ3) is 3.23. The second-order valence-corrected chi connectivity index (χ2v) is 6.21. The third-order valence-electron chi connectivity index (χ3n) is 3.72. The van der Waals surface area contributed by atoms with E-state index < -0.39 is 0 Å². The van der Waals surface area contributed by atoms with E-state index in [1.54, 1.807) is 0 Å². The number of nitrogens with one attached hydrogen (secondary N) is 1. The molecule has 0 radical (unpaired) electrons. The van der Waals surface area contributed by atoms with E-state index >= 15 is 0 Å². The Labute approximate surface area is 111 Å². The summed E-state index contributed by atoms with van der Waals surface area (Å²) < 4.78 is 26.7. The van der Waals surface area contributed by atoms with Crippen LogP contribution in [0.2, 0.25) is 0 Å². The zero-order valence-electron chi connectivity index (χ0n) is 10.6. The average Bonchev–Trinajstić information content (AvgIpc) is 2.83. The first-order valence-corrected chi connectivity index (χ1v) is 7.57. The van der Waals surface area contributed by atoms with Crippen molar-refractivity contribution in [2.24, 2.45) is 0 Å². The number of hydrogen-bond donors (Lipinski definition) is 1. The van der Waals surface area contributed by atoms with E-state index in [0.29, 0.717) is 16.9 Å². The van der Waals surface area contributed by atoms with Gasteiger partial charge in [0.25, 0.3) is 0 Å². The molecule has 2 rings (SSSR count). The van der Waals surface area contributed by atoms with Gasteiger partial charge < -0.3 is 5.32 Å². The molecule has 0 saturated heterocycles. The Morgan fingerprint density at radius 1 is 1.28 bits per heavy atom. The largest absolute Gasteiger partial charge is 0.311 e. The molecule has 1 N–H and O–H groups in total. The maximum atomic E-state index is 13.4. The lowest BCUT2D eigenvalue weighted by Gasteiger charge is -2.27. The van der Waals surface area contributed by atoms with Crippen LogP contribution in [0.25, 0.3) is 0 Å². The van der Waals surface area contributed by atoms with E-state index in [0.717, 1.165) is 12.6 Å². The number of hydrogen-bond acceptors (Lipinski definition) is 2. The molecule has 1 aliphatic rings. The van der Waals surface area contributed by atoms with Crippen molar-refractivity contribution < 1.29 is 8.78 Å². The Balaban J connectivity index is 1.89. The van der Waals surface area contributed by atoms with Crippen LogP contribution in [0.15, 0.2) is 18.2 Å². The Morgan fingerprint density at radius 3 is 2.67 bits per heavy atom. The van der Waals surface area contributed by atoms with Crippen molar-refractivity contribution >= 4 is 11.8 Å². The highest BCUT2D eigenvalue weighted by Gasteiger charge is 2.32. The zero-order chi connectivity index (χ0) is 13.0. The molecular formula is C14H19F2NS. The molecule has 4 heteroatoms. The predicted molar refractivity (Wildman–Crippen MR) is 72.8 cm³/mol. The van der Waals surface area contributed by atoms with Crippen molar-refractivity contribution in [3.63, 3.8) is 0 Å². The molecule has 1 aromatic carbocycles. The van der Waals surface area contributed by atoms with Crippen molar-refractivity contribution in [2.45, 2.75) is 37.0 Å². The van der Waals surface area contributed by atoms with Gasteiger partial charge in [-0.25, -0.2) is 8.78 Å². The molecule has 0 aromatic heterocycles. The molecule has 18 heavy (non-hydrogen) atoms. The average molecular weight is 271 g/mol. The van der Waals surface area contributed by atoms with Gasteiger partial charge in [0.1, 0.15) is 11.6 Å². The van der Waals surface area contributed by atoms with E-state index in [-0.39, 0.29) is 11.6 Å². The summed E-state index contributed by atoms with van der Waals surface area (Å²) in [5.41, 5.74) is 0.407. The van der Waals surface area contributed by atoms with Gasteiger partial charge in [-0.05, 0) is 37.3 Å². The lowest BCUT2D eigenvalue weighted by atomic mass is 10.1. The summed E-state index contributed by atoms with van der Waals surface area (Å²) >= 11 is 1.89. The number of benzene rings is 1. The first-order valence-electron chi connectivity index (χ1n) is 6.35. The molecule has 1 nitrogen and oxygen atoms in total. The summed E-state index contributed by atoms with van der Waals surface area (Å²) in [6, 6.07) is 3.61. The van der Waals surface area contributed by atoms with Crippen molar-refractivity contribution in [3.05, 3.63) is 35.4 Å². The van der Waals surface area contributed by atoms with E-state index in [2.05, 4.69) is 11.6 Å².